The SMILES string of the molecule is CCC1CCC(C)N1c1cc(OC)nc(N)n1. The molecule has 0 spiro atoms. The zero-order chi connectivity index (χ0) is 12.4. The Labute approximate surface area is 102 Å². The Morgan fingerprint density at radius 2 is 2.24 bits per heavy atom. The van der Waals surface area contributed by atoms with E-state index in [2.05, 4.69) is 28.7 Å². The molecule has 0 bridgehead atoms. The van der Waals surface area contributed by atoms with Gasteiger partial charge in [0.2, 0.25) is 11.8 Å². The molecule has 2 atom stereocenters. The lowest BCUT2D eigenvalue weighted by Gasteiger charge is -2.29. The van der Waals surface area contributed by atoms with Gasteiger partial charge in [0.1, 0.15) is 5.82 Å². The third-order valence-corrected chi connectivity index (χ3v) is 3.44. The first-order valence-electron chi connectivity index (χ1n) is 6.12. The number of nitrogen functional groups attached to an aromatic ring is 1. The number of hydrogen-bond acceptors (Lipinski definition) is 5. The highest BCUT2D eigenvalue weighted by atomic mass is 16.5. The lowest BCUT2D eigenvalue weighted by Crippen LogP contribution is -2.35. The molecule has 1 saturated heterocycles. The van der Waals surface area contributed by atoms with Crippen molar-refractivity contribution in [3.63, 3.8) is 0 Å². The molecule has 94 valence electrons. The van der Waals surface area contributed by atoms with E-state index in [4.69, 9.17) is 10.5 Å². The average Bonchev–Trinajstić information content (AvgIpc) is 2.69. The van der Waals surface area contributed by atoms with Crippen molar-refractivity contribution in [3.8, 4) is 5.88 Å². The highest BCUT2D eigenvalue weighted by molar-refractivity contribution is 5.48. The lowest BCUT2D eigenvalue weighted by molar-refractivity contribution is 0.397. The third kappa shape index (κ3) is 2.28. The molecular weight excluding hydrogens is 216 g/mol. The van der Waals surface area contributed by atoms with Gasteiger partial charge < -0.3 is 15.4 Å². The molecule has 2 N–H and O–H groups in total. The minimum absolute atomic E-state index is 0.272. The van der Waals surface area contributed by atoms with Crippen LogP contribution in [0.5, 0.6) is 5.88 Å². The van der Waals surface area contributed by atoms with Crippen molar-refractivity contribution in [2.75, 3.05) is 17.7 Å². The van der Waals surface area contributed by atoms with Crippen LogP contribution < -0.4 is 15.4 Å². The minimum atomic E-state index is 0.272. The molecule has 0 radical (unpaired) electrons. The summed E-state index contributed by atoms with van der Waals surface area (Å²) >= 11 is 0. The molecule has 0 saturated carbocycles. The summed E-state index contributed by atoms with van der Waals surface area (Å²) in [6, 6.07) is 2.91. The summed E-state index contributed by atoms with van der Waals surface area (Å²) in [6.07, 6.45) is 3.53. The highest BCUT2D eigenvalue weighted by Gasteiger charge is 2.30. The Balaban J connectivity index is 2.34. The predicted molar refractivity (Wildman–Crippen MR) is 68.3 cm³/mol. The number of nitrogens with zero attached hydrogens (tertiary/aromatic N) is 3. The van der Waals surface area contributed by atoms with E-state index in [-0.39, 0.29) is 5.95 Å². The number of ether oxygens (including phenoxy) is 1. The quantitative estimate of drug-likeness (QED) is 0.867. The first-order valence-corrected chi connectivity index (χ1v) is 6.12. The predicted octanol–water partition coefficient (Wildman–Crippen LogP) is 1.83. The number of methoxy groups -OCH3 is 1. The molecule has 1 aliphatic heterocycles. The Bertz CT molecular complexity index is 396. The second kappa shape index (κ2) is 4.77. The van der Waals surface area contributed by atoms with Gasteiger partial charge in [0, 0.05) is 18.2 Å². The fraction of sp³-hybridized carbons (Fsp3) is 0.667. The van der Waals surface area contributed by atoms with Crippen molar-refractivity contribution >= 4 is 11.8 Å². The van der Waals surface area contributed by atoms with Gasteiger partial charge in [-0.25, -0.2) is 0 Å². The molecular formula is C12H20N4O. The van der Waals surface area contributed by atoms with Crippen molar-refractivity contribution in [3.05, 3.63) is 6.07 Å². The fourth-order valence-electron chi connectivity index (χ4n) is 2.55. The van der Waals surface area contributed by atoms with Crippen LogP contribution >= 0.6 is 0 Å². The summed E-state index contributed by atoms with van der Waals surface area (Å²) in [5.41, 5.74) is 5.71. The maximum atomic E-state index is 5.71. The summed E-state index contributed by atoms with van der Waals surface area (Å²) < 4.78 is 5.14. The lowest BCUT2D eigenvalue weighted by atomic mass is 10.1. The Morgan fingerprint density at radius 1 is 1.47 bits per heavy atom. The van der Waals surface area contributed by atoms with Gasteiger partial charge in [-0.2, -0.15) is 9.97 Å². The van der Waals surface area contributed by atoms with Crippen LogP contribution in [0, 0.1) is 0 Å². The van der Waals surface area contributed by atoms with Crippen LogP contribution in [-0.2, 0) is 0 Å². The molecule has 17 heavy (non-hydrogen) atoms. The maximum Gasteiger partial charge on any atom is 0.225 e. The number of nitrogens with two attached hydrogens (primary N) is 1. The molecule has 0 aromatic carbocycles. The number of anilines is 2. The van der Waals surface area contributed by atoms with Gasteiger partial charge in [0.15, 0.2) is 0 Å². The molecule has 0 amide bonds. The van der Waals surface area contributed by atoms with E-state index in [1.165, 1.54) is 12.8 Å². The number of rotatable bonds is 3. The normalized spacial score (nSPS) is 24.1. The van der Waals surface area contributed by atoms with E-state index in [1.54, 1.807) is 7.11 Å². The summed E-state index contributed by atoms with van der Waals surface area (Å²) in [5.74, 6) is 1.68. The monoisotopic (exact) mass is 236 g/mol. The topological polar surface area (TPSA) is 64.3 Å². The van der Waals surface area contributed by atoms with E-state index in [1.807, 2.05) is 6.07 Å². The molecule has 1 aromatic heterocycles. The molecule has 1 aliphatic rings. The number of aromatic nitrogens is 2. The standard InChI is InChI=1S/C12H20N4O/c1-4-9-6-5-8(2)16(9)10-7-11(17-3)15-12(13)14-10/h7-9H,4-6H2,1-3H3,(H2,13,14,15). The van der Waals surface area contributed by atoms with Gasteiger partial charge in [-0.15, -0.1) is 0 Å². The van der Waals surface area contributed by atoms with Crippen LogP contribution in [0.2, 0.25) is 0 Å². The first kappa shape index (κ1) is 12.0. The van der Waals surface area contributed by atoms with E-state index in [9.17, 15) is 0 Å². The van der Waals surface area contributed by atoms with E-state index in [0.717, 1.165) is 12.2 Å². The summed E-state index contributed by atoms with van der Waals surface area (Å²) in [4.78, 5) is 10.7. The van der Waals surface area contributed by atoms with Crippen molar-refractivity contribution in [1.82, 2.24) is 9.97 Å². The largest absolute Gasteiger partial charge is 0.481 e. The molecule has 5 heteroatoms. The highest BCUT2D eigenvalue weighted by Crippen LogP contribution is 2.32. The molecule has 0 aliphatic carbocycles. The zero-order valence-electron chi connectivity index (χ0n) is 10.7. The zero-order valence-corrected chi connectivity index (χ0v) is 10.7. The van der Waals surface area contributed by atoms with Crippen molar-refractivity contribution in [2.45, 2.75) is 45.2 Å². The third-order valence-electron chi connectivity index (χ3n) is 3.44. The smallest absolute Gasteiger partial charge is 0.225 e. The minimum Gasteiger partial charge on any atom is -0.481 e. The first-order chi connectivity index (χ1) is 8.15. The van der Waals surface area contributed by atoms with Gasteiger partial charge >= 0.3 is 0 Å². The summed E-state index contributed by atoms with van der Waals surface area (Å²) in [6.45, 7) is 4.43. The summed E-state index contributed by atoms with van der Waals surface area (Å²) in [5, 5.41) is 0. The van der Waals surface area contributed by atoms with Gasteiger partial charge in [-0.1, -0.05) is 6.92 Å². The van der Waals surface area contributed by atoms with Crippen LogP contribution in [-0.4, -0.2) is 29.2 Å². The molecule has 5 nitrogen and oxygen atoms in total. The van der Waals surface area contributed by atoms with Gasteiger partial charge in [-0.3, -0.25) is 0 Å². The maximum absolute atomic E-state index is 5.71. The van der Waals surface area contributed by atoms with Crippen LogP contribution in [0.25, 0.3) is 0 Å². The Morgan fingerprint density at radius 3 is 2.88 bits per heavy atom. The molecule has 2 rings (SSSR count). The van der Waals surface area contributed by atoms with Crippen molar-refractivity contribution < 1.29 is 4.74 Å². The Hall–Kier alpha value is -1.52. The Kier molecular flexibility index (Phi) is 3.36. The van der Waals surface area contributed by atoms with Crippen LogP contribution in [0.1, 0.15) is 33.1 Å². The second-order valence-electron chi connectivity index (χ2n) is 4.52. The van der Waals surface area contributed by atoms with Gasteiger partial charge in [-0.05, 0) is 26.2 Å². The van der Waals surface area contributed by atoms with Crippen molar-refractivity contribution in [2.24, 2.45) is 0 Å². The molecule has 1 aromatic rings. The van der Waals surface area contributed by atoms with Crippen LogP contribution in [0.15, 0.2) is 6.07 Å². The number of hydrogen-bond donors (Lipinski definition) is 1. The van der Waals surface area contributed by atoms with E-state index < -0.39 is 0 Å². The van der Waals surface area contributed by atoms with Crippen LogP contribution in [0.4, 0.5) is 11.8 Å². The van der Waals surface area contributed by atoms with Crippen molar-refractivity contribution in [1.29, 1.82) is 0 Å². The molecule has 1 fully saturated rings. The van der Waals surface area contributed by atoms with Gasteiger partial charge in [0.25, 0.3) is 0 Å². The van der Waals surface area contributed by atoms with Gasteiger partial charge in [0.05, 0.1) is 7.11 Å². The fourth-order valence-corrected chi connectivity index (χ4v) is 2.55. The molecule has 2 heterocycles. The average molecular weight is 236 g/mol. The van der Waals surface area contributed by atoms with E-state index >= 15 is 0 Å². The summed E-state index contributed by atoms with van der Waals surface area (Å²) in [7, 11) is 1.59. The van der Waals surface area contributed by atoms with Crippen LogP contribution in [0.3, 0.4) is 0 Å². The van der Waals surface area contributed by atoms with E-state index in [0.29, 0.717) is 18.0 Å². The second-order valence-corrected chi connectivity index (χ2v) is 4.52. The molecule has 2 unspecified atom stereocenters.